The van der Waals surface area contributed by atoms with E-state index in [1.54, 1.807) is 22.8 Å². The van der Waals surface area contributed by atoms with E-state index in [9.17, 15) is 9.90 Å². The van der Waals surface area contributed by atoms with Gasteiger partial charge in [-0.15, -0.1) is 11.3 Å². The van der Waals surface area contributed by atoms with E-state index in [0.717, 1.165) is 8.79 Å². The molecule has 0 fully saturated rings. The lowest BCUT2D eigenvalue weighted by molar-refractivity contribution is 0.476. The number of halogens is 1. The second-order valence-corrected chi connectivity index (χ2v) is 5.99. The molecule has 0 unspecified atom stereocenters. The number of phenols is 1. The normalized spacial score (nSPS) is 11.1. The topological polar surface area (TPSA) is 58.0 Å². The molecule has 2 aromatic heterocycles. The van der Waals surface area contributed by atoms with Crippen LogP contribution in [0.4, 0.5) is 0 Å². The van der Waals surface area contributed by atoms with Gasteiger partial charge in [-0.1, -0.05) is 0 Å². The number of aromatic hydroxyl groups is 1. The molecule has 0 bridgehead atoms. The van der Waals surface area contributed by atoms with E-state index in [-0.39, 0.29) is 11.4 Å². The number of aromatic amines is 1. The molecule has 2 N–H and O–H groups in total. The number of H-pyrrole nitrogens is 1. The maximum absolute atomic E-state index is 11.9. The lowest BCUT2D eigenvalue weighted by Crippen LogP contribution is -2.13. The van der Waals surface area contributed by atoms with Crippen molar-refractivity contribution in [3.8, 4) is 10.8 Å². The van der Waals surface area contributed by atoms with Crippen LogP contribution in [0.2, 0.25) is 0 Å². The molecular weight excluding hydrogens is 304 g/mol. The molecule has 86 valence electrons. The molecule has 3 aromatic rings. The summed E-state index contributed by atoms with van der Waals surface area (Å²) in [5.74, 6) is 0.140. The second kappa shape index (κ2) is 3.75. The Morgan fingerprint density at radius 2 is 2.12 bits per heavy atom. The summed E-state index contributed by atoms with van der Waals surface area (Å²) in [6.07, 6.45) is 0. The van der Waals surface area contributed by atoms with Crippen LogP contribution in [-0.2, 0) is 0 Å². The first-order valence-electron chi connectivity index (χ1n) is 4.84. The van der Waals surface area contributed by atoms with Crippen molar-refractivity contribution in [2.45, 2.75) is 0 Å². The van der Waals surface area contributed by atoms with E-state index in [2.05, 4.69) is 20.9 Å². The highest BCUT2D eigenvalue weighted by molar-refractivity contribution is 9.11. The Morgan fingerprint density at radius 3 is 2.82 bits per heavy atom. The molecule has 4 nitrogen and oxygen atoms in total. The number of benzene rings is 1. The minimum absolute atomic E-state index is 0.140. The van der Waals surface area contributed by atoms with Crippen LogP contribution in [0, 0.1) is 0 Å². The minimum atomic E-state index is -0.208. The highest BCUT2D eigenvalue weighted by Crippen LogP contribution is 2.27. The Morgan fingerprint density at radius 1 is 1.29 bits per heavy atom. The number of nitrogens with zero attached hydrogens (tertiary/aromatic N) is 1. The first kappa shape index (κ1) is 10.6. The van der Waals surface area contributed by atoms with Crippen molar-refractivity contribution in [2.24, 2.45) is 0 Å². The van der Waals surface area contributed by atoms with E-state index in [1.165, 1.54) is 11.3 Å². The van der Waals surface area contributed by atoms with Crippen LogP contribution < -0.4 is 5.69 Å². The number of aromatic nitrogens is 2. The van der Waals surface area contributed by atoms with Crippen LogP contribution >= 0.6 is 27.3 Å². The molecule has 0 amide bonds. The molecule has 0 radical (unpaired) electrons. The average Bonchev–Trinajstić information content (AvgIpc) is 2.81. The SMILES string of the molecule is O=c1[nH]c2ccc(O)cc2n1-c1ccc(Br)s1. The van der Waals surface area contributed by atoms with Gasteiger partial charge in [0.2, 0.25) is 0 Å². The summed E-state index contributed by atoms with van der Waals surface area (Å²) in [4.78, 5) is 14.6. The molecule has 0 saturated heterocycles. The Balaban J connectivity index is 2.39. The second-order valence-electron chi connectivity index (χ2n) is 3.54. The van der Waals surface area contributed by atoms with Crippen LogP contribution in [0.3, 0.4) is 0 Å². The fourth-order valence-corrected chi connectivity index (χ4v) is 3.11. The van der Waals surface area contributed by atoms with E-state index < -0.39 is 0 Å². The number of hydrogen-bond donors (Lipinski definition) is 2. The third-order valence-electron chi connectivity index (χ3n) is 2.45. The summed E-state index contributed by atoms with van der Waals surface area (Å²) < 4.78 is 2.50. The predicted molar refractivity (Wildman–Crippen MR) is 71.1 cm³/mol. The van der Waals surface area contributed by atoms with Gasteiger partial charge in [-0.2, -0.15) is 0 Å². The van der Waals surface area contributed by atoms with Gasteiger partial charge in [0.15, 0.2) is 0 Å². The van der Waals surface area contributed by atoms with Crippen molar-refractivity contribution in [1.29, 1.82) is 0 Å². The quantitative estimate of drug-likeness (QED) is 0.726. The van der Waals surface area contributed by atoms with E-state index in [1.807, 2.05) is 12.1 Å². The fraction of sp³-hybridized carbons (Fsp3) is 0. The molecule has 0 spiro atoms. The summed E-state index contributed by atoms with van der Waals surface area (Å²) in [7, 11) is 0. The van der Waals surface area contributed by atoms with Crippen LogP contribution in [0.15, 0.2) is 38.9 Å². The first-order chi connectivity index (χ1) is 8.15. The third-order valence-corrected chi connectivity index (χ3v) is 4.06. The van der Waals surface area contributed by atoms with Crippen molar-refractivity contribution in [2.75, 3.05) is 0 Å². The highest BCUT2D eigenvalue weighted by Gasteiger charge is 2.10. The summed E-state index contributed by atoms with van der Waals surface area (Å²) in [6, 6.07) is 8.54. The summed E-state index contributed by atoms with van der Waals surface area (Å²) in [6.45, 7) is 0. The maximum atomic E-state index is 11.9. The minimum Gasteiger partial charge on any atom is -0.508 e. The highest BCUT2D eigenvalue weighted by atomic mass is 79.9. The van der Waals surface area contributed by atoms with E-state index >= 15 is 0 Å². The molecule has 6 heteroatoms. The zero-order valence-electron chi connectivity index (χ0n) is 8.48. The number of fused-ring (bicyclic) bond motifs is 1. The van der Waals surface area contributed by atoms with Crippen molar-refractivity contribution in [3.63, 3.8) is 0 Å². The molecular formula is C11H7BrN2O2S. The number of phenolic OH excluding ortho intramolecular Hbond substituents is 1. The average molecular weight is 311 g/mol. The largest absolute Gasteiger partial charge is 0.508 e. The predicted octanol–water partition coefficient (Wildman–Crippen LogP) is 2.85. The number of hydrogen-bond acceptors (Lipinski definition) is 3. The first-order valence-corrected chi connectivity index (χ1v) is 6.45. The standard InChI is InChI=1S/C11H7BrN2O2S/c12-9-3-4-10(17-9)14-8-5-6(15)1-2-7(8)13-11(14)16/h1-5,15H,(H,13,16). The van der Waals surface area contributed by atoms with E-state index in [4.69, 9.17) is 0 Å². The van der Waals surface area contributed by atoms with Gasteiger partial charge < -0.3 is 10.1 Å². The lowest BCUT2D eigenvalue weighted by Gasteiger charge is -1.99. The van der Waals surface area contributed by atoms with Crippen molar-refractivity contribution in [1.82, 2.24) is 9.55 Å². The summed E-state index contributed by atoms with van der Waals surface area (Å²) in [5.41, 5.74) is 1.17. The molecule has 17 heavy (non-hydrogen) atoms. The van der Waals surface area contributed by atoms with Crippen molar-refractivity contribution < 1.29 is 5.11 Å². The Hall–Kier alpha value is -1.53. The van der Waals surface area contributed by atoms with Crippen LogP contribution in [0.5, 0.6) is 5.75 Å². The molecule has 0 aliphatic carbocycles. The molecule has 0 aliphatic heterocycles. The molecule has 2 heterocycles. The van der Waals surface area contributed by atoms with Gasteiger partial charge in [0.1, 0.15) is 10.8 Å². The van der Waals surface area contributed by atoms with Gasteiger partial charge in [0.05, 0.1) is 14.8 Å². The van der Waals surface area contributed by atoms with E-state index in [0.29, 0.717) is 11.0 Å². The molecule has 0 saturated carbocycles. The van der Waals surface area contributed by atoms with Crippen molar-refractivity contribution >= 4 is 38.3 Å². The zero-order valence-corrected chi connectivity index (χ0v) is 10.9. The summed E-state index contributed by atoms with van der Waals surface area (Å²) >= 11 is 4.82. The number of rotatable bonds is 1. The fourth-order valence-electron chi connectivity index (χ4n) is 1.73. The third kappa shape index (κ3) is 1.69. The Labute approximate surface area is 108 Å². The summed E-state index contributed by atoms with van der Waals surface area (Å²) in [5, 5.41) is 10.3. The van der Waals surface area contributed by atoms with Crippen LogP contribution in [0.1, 0.15) is 0 Å². The maximum Gasteiger partial charge on any atom is 0.331 e. The Bertz CT molecular complexity index is 756. The number of nitrogens with one attached hydrogen (secondary N) is 1. The van der Waals surface area contributed by atoms with Crippen LogP contribution in [-0.4, -0.2) is 14.7 Å². The smallest absolute Gasteiger partial charge is 0.331 e. The molecule has 0 aliphatic rings. The van der Waals surface area contributed by atoms with Gasteiger partial charge in [-0.05, 0) is 40.2 Å². The van der Waals surface area contributed by atoms with Gasteiger partial charge in [0, 0.05) is 6.07 Å². The lowest BCUT2D eigenvalue weighted by atomic mass is 10.3. The van der Waals surface area contributed by atoms with Crippen molar-refractivity contribution in [3.05, 3.63) is 44.6 Å². The number of imidazole rings is 1. The molecule has 1 aromatic carbocycles. The van der Waals surface area contributed by atoms with Gasteiger partial charge in [-0.3, -0.25) is 4.57 Å². The number of thiophene rings is 1. The van der Waals surface area contributed by atoms with Gasteiger partial charge in [0.25, 0.3) is 0 Å². The monoisotopic (exact) mass is 310 g/mol. The van der Waals surface area contributed by atoms with Crippen LogP contribution in [0.25, 0.3) is 16.0 Å². The van der Waals surface area contributed by atoms with Gasteiger partial charge >= 0.3 is 5.69 Å². The van der Waals surface area contributed by atoms with Gasteiger partial charge in [-0.25, -0.2) is 4.79 Å². The molecule has 0 atom stereocenters. The Kier molecular flexibility index (Phi) is 2.34. The zero-order chi connectivity index (χ0) is 12.0. The molecule has 3 rings (SSSR count).